The molecule has 0 amide bonds. The highest BCUT2D eigenvalue weighted by molar-refractivity contribution is 5.59. The normalized spacial score (nSPS) is 15.3. The van der Waals surface area contributed by atoms with Gasteiger partial charge in [-0.25, -0.2) is 0 Å². The Morgan fingerprint density at radius 3 is 2.91 bits per heavy atom. The first-order valence-electron chi connectivity index (χ1n) is 4.08. The van der Waals surface area contributed by atoms with Gasteiger partial charge in [-0.2, -0.15) is 0 Å². The zero-order chi connectivity index (χ0) is 7.84. The molecule has 1 nitrogen and oxygen atoms in total. The molecule has 0 N–H and O–H groups in total. The molecular weight excluding hydrogens is 134 g/mol. The van der Waals surface area contributed by atoms with Crippen molar-refractivity contribution in [3.63, 3.8) is 0 Å². The molecule has 0 radical (unpaired) electrons. The first-order valence-corrected chi connectivity index (χ1v) is 4.08. The Labute approximate surface area is 67.6 Å². The molecule has 0 fully saturated rings. The molecule has 0 spiro atoms. The Morgan fingerprint density at radius 1 is 1.36 bits per heavy atom. The van der Waals surface area contributed by atoms with Gasteiger partial charge in [-0.3, -0.25) is 0 Å². The van der Waals surface area contributed by atoms with Gasteiger partial charge in [-0.1, -0.05) is 12.1 Å². The lowest BCUT2D eigenvalue weighted by Gasteiger charge is -2.11. The summed E-state index contributed by atoms with van der Waals surface area (Å²) in [5.74, 6) is 0. The Kier molecular flexibility index (Phi) is 1.38. The third-order valence-electron chi connectivity index (χ3n) is 2.49. The highest BCUT2D eigenvalue weighted by Gasteiger charge is 2.15. The molecular formula is C10H13N. The summed E-state index contributed by atoms with van der Waals surface area (Å²) in [6.45, 7) is 3.37. The lowest BCUT2D eigenvalue weighted by molar-refractivity contribution is 0.953. The summed E-state index contributed by atoms with van der Waals surface area (Å²) in [5, 5.41) is 0. The van der Waals surface area contributed by atoms with Crippen molar-refractivity contribution in [1.29, 1.82) is 0 Å². The van der Waals surface area contributed by atoms with Crippen molar-refractivity contribution in [2.45, 2.75) is 13.3 Å². The van der Waals surface area contributed by atoms with E-state index in [1.807, 2.05) is 0 Å². The highest BCUT2D eigenvalue weighted by atomic mass is 15.1. The van der Waals surface area contributed by atoms with E-state index in [4.69, 9.17) is 0 Å². The van der Waals surface area contributed by atoms with Gasteiger partial charge in [-0.15, -0.1) is 0 Å². The Balaban J connectivity index is 2.57. The minimum atomic E-state index is 1.18. The monoisotopic (exact) mass is 147 g/mol. The second kappa shape index (κ2) is 2.26. The third-order valence-corrected chi connectivity index (χ3v) is 2.49. The van der Waals surface area contributed by atoms with Crippen LogP contribution in [0.15, 0.2) is 18.2 Å². The molecule has 11 heavy (non-hydrogen) atoms. The van der Waals surface area contributed by atoms with Crippen LogP contribution in [-0.4, -0.2) is 13.6 Å². The highest BCUT2D eigenvalue weighted by Crippen LogP contribution is 2.28. The van der Waals surface area contributed by atoms with E-state index in [-0.39, 0.29) is 0 Å². The Bertz CT molecular complexity index is 278. The first kappa shape index (κ1) is 6.71. The summed E-state index contributed by atoms with van der Waals surface area (Å²) in [7, 11) is 2.16. The lowest BCUT2D eigenvalue weighted by Crippen LogP contribution is -2.12. The van der Waals surface area contributed by atoms with E-state index < -0.39 is 0 Å². The number of likely N-dealkylation sites (N-methyl/N-ethyl adjacent to an activating group) is 1. The van der Waals surface area contributed by atoms with Crippen molar-refractivity contribution in [2.75, 3.05) is 18.5 Å². The summed E-state index contributed by atoms with van der Waals surface area (Å²) >= 11 is 0. The van der Waals surface area contributed by atoms with Crippen molar-refractivity contribution >= 4 is 5.69 Å². The number of anilines is 1. The molecule has 58 valence electrons. The van der Waals surface area contributed by atoms with Gasteiger partial charge in [0.2, 0.25) is 0 Å². The standard InChI is InChI=1S/C10H13N/c1-8-4-3-5-10-9(8)6-7-11(10)2/h3-5H,6-7H2,1-2H3. The number of rotatable bonds is 0. The van der Waals surface area contributed by atoms with Crippen molar-refractivity contribution in [3.05, 3.63) is 29.3 Å². The van der Waals surface area contributed by atoms with Crippen LogP contribution in [0.25, 0.3) is 0 Å². The maximum atomic E-state index is 2.32. The summed E-state index contributed by atoms with van der Waals surface area (Å²) in [6, 6.07) is 6.53. The maximum Gasteiger partial charge on any atom is 0.0399 e. The predicted molar refractivity (Wildman–Crippen MR) is 48.2 cm³/mol. The van der Waals surface area contributed by atoms with E-state index in [9.17, 15) is 0 Å². The number of nitrogens with zero attached hydrogens (tertiary/aromatic N) is 1. The molecule has 1 aromatic carbocycles. The van der Waals surface area contributed by atoms with E-state index in [1.165, 1.54) is 29.8 Å². The maximum absolute atomic E-state index is 2.32. The van der Waals surface area contributed by atoms with Gasteiger partial charge in [0.05, 0.1) is 0 Å². The van der Waals surface area contributed by atoms with Gasteiger partial charge in [-0.05, 0) is 30.5 Å². The zero-order valence-corrected chi connectivity index (χ0v) is 7.09. The van der Waals surface area contributed by atoms with Gasteiger partial charge < -0.3 is 4.90 Å². The third kappa shape index (κ3) is 0.917. The number of fused-ring (bicyclic) bond motifs is 1. The topological polar surface area (TPSA) is 3.24 Å². The number of hydrogen-bond donors (Lipinski definition) is 0. The minimum absolute atomic E-state index is 1.18. The number of aryl methyl sites for hydroxylation is 1. The number of hydrogen-bond acceptors (Lipinski definition) is 1. The van der Waals surface area contributed by atoms with Crippen LogP contribution < -0.4 is 4.90 Å². The molecule has 1 heteroatoms. The summed E-state index contributed by atoms with van der Waals surface area (Å²) < 4.78 is 0. The molecule has 0 saturated carbocycles. The van der Waals surface area contributed by atoms with Crippen molar-refractivity contribution in [1.82, 2.24) is 0 Å². The van der Waals surface area contributed by atoms with E-state index in [1.54, 1.807) is 0 Å². The van der Waals surface area contributed by atoms with Crippen LogP contribution in [0.5, 0.6) is 0 Å². The van der Waals surface area contributed by atoms with Crippen LogP contribution in [0, 0.1) is 6.92 Å². The Hall–Kier alpha value is -0.980. The van der Waals surface area contributed by atoms with Crippen LogP contribution in [0.1, 0.15) is 11.1 Å². The van der Waals surface area contributed by atoms with Crippen LogP contribution in [-0.2, 0) is 6.42 Å². The first-order chi connectivity index (χ1) is 5.29. The van der Waals surface area contributed by atoms with Crippen molar-refractivity contribution in [3.8, 4) is 0 Å². The minimum Gasteiger partial charge on any atom is -0.374 e. The average molecular weight is 147 g/mol. The van der Waals surface area contributed by atoms with E-state index >= 15 is 0 Å². The molecule has 1 aliphatic rings. The fraction of sp³-hybridized carbons (Fsp3) is 0.400. The molecule has 0 aliphatic carbocycles. The molecule has 0 saturated heterocycles. The smallest absolute Gasteiger partial charge is 0.0399 e. The molecule has 0 bridgehead atoms. The quantitative estimate of drug-likeness (QED) is 0.542. The van der Waals surface area contributed by atoms with E-state index in [0.29, 0.717) is 0 Å². The fourth-order valence-corrected chi connectivity index (χ4v) is 1.77. The lowest BCUT2D eigenvalue weighted by atomic mass is 10.1. The average Bonchev–Trinajstić information content (AvgIpc) is 2.35. The van der Waals surface area contributed by atoms with Gasteiger partial charge in [0.15, 0.2) is 0 Å². The van der Waals surface area contributed by atoms with Crippen molar-refractivity contribution < 1.29 is 0 Å². The van der Waals surface area contributed by atoms with Crippen LogP contribution in [0.2, 0.25) is 0 Å². The number of benzene rings is 1. The molecule has 0 aromatic heterocycles. The SMILES string of the molecule is Cc1cccc2c1CCN2C. The van der Waals surface area contributed by atoms with E-state index in [2.05, 4.69) is 37.1 Å². The second-order valence-electron chi connectivity index (χ2n) is 3.24. The van der Waals surface area contributed by atoms with Gasteiger partial charge >= 0.3 is 0 Å². The molecule has 0 atom stereocenters. The molecule has 1 aliphatic heterocycles. The molecule has 0 unspecified atom stereocenters. The van der Waals surface area contributed by atoms with Gasteiger partial charge in [0, 0.05) is 19.3 Å². The molecule has 1 heterocycles. The van der Waals surface area contributed by atoms with Crippen LogP contribution in [0.3, 0.4) is 0 Å². The zero-order valence-electron chi connectivity index (χ0n) is 7.09. The summed E-state index contributed by atoms with van der Waals surface area (Å²) in [5.41, 5.74) is 4.40. The summed E-state index contributed by atoms with van der Waals surface area (Å²) in [6.07, 6.45) is 1.22. The van der Waals surface area contributed by atoms with Crippen LogP contribution >= 0.6 is 0 Å². The molecule has 1 aromatic rings. The van der Waals surface area contributed by atoms with Crippen molar-refractivity contribution in [2.24, 2.45) is 0 Å². The van der Waals surface area contributed by atoms with Gasteiger partial charge in [0.1, 0.15) is 0 Å². The predicted octanol–water partition coefficient (Wildman–Crippen LogP) is 1.99. The fourth-order valence-electron chi connectivity index (χ4n) is 1.77. The second-order valence-corrected chi connectivity index (χ2v) is 3.24. The van der Waals surface area contributed by atoms with E-state index in [0.717, 1.165) is 0 Å². The van der Waals surface area contributed by atoms with Gasteiger partial charge in [0.25, 0.3) is 0 Å². The molecule has 2 rings (SSSR count). The van der Waals surface area contributed by atoms with Crippen LogP contribution in [0.4, 0.5) is 5.69 Å². The Morgan fingerprint density at radius 2 is 2.18 bits per heavy atom. The summed E-state index contributed by atoms with van der Waals surface area (Å²) in [4.78, 5) is 2.32. The largest absolute Gasteiger partial charge is 0.374 e.